The van der Waals surface area contributed by atoms with Gasteiger partial charge in [0.25, 0.3) is 5.91 Å². The number of rotatable bonds is 5. The Morgan fingerprint density at radius 3 is 2.64 bits per heavy atom. The number of carbonyl (C=O) groups excluding carboxylic acids is 2. The van der Waals surface area contributed by atoms with Gasteiger partial charge >= 0.3 is 0 Å². The molecule has 2 aromatic rings. The van der Waals surface area contributed by atoms with Gasteiger partial charge in [-0.1, -0.05) is 23.1 Å². The second-order valence-corrected chi connectivity index (χ2v) is 8.87. The van der Waals surface area contributed by atoms with Gasteiger partial charge in [0, 0.05) is 18.2 Å². The van der Waals surface area contributed by atoms with Crippen molar-refractivity contribution < 1.29 is 18.4 Å². The lowest BCUT2D eigenvalue weighted by Gasteiger charge is -2.39. The first-order valence-corrected chi connectivity index (χ1v) is 10.7. The highest BCUT2D eigenvalue weighted by Gasteiger charge is 2.28. The van der Waals surface area contributed by atoms with E-state index in [1.165, 1.54) is 11.8 Å². The molecule has 150 valence electrons. The Morgan fingerprint density at radius 1 is 1.25 bits per heavy atom. The molecular formula is C18H20F2N4O2S2. The van der Waals surface area contributed by atoms with Crippen LogP contribution in [0.5, 0.6) is 0 Å². The summed E-state index contributed by atoms with van der Waals surface area (Å²) in [5, 5.41) is 10.4. The number of nitrogens with one attached hydrogen (secondary N) is 1. The fourth-order valence-electron chi connectivity index (χ4n) is 3.27. The zero-order chi connectivity index (χ0) is 20.3. The highest BCUT2D eigenvalue weighted by Crippen LogP contribution is 2.28. The van der Waals surface area contributed by atoms with Crippen LogP contribution in [-0.4, -0.2) is 44.7 Å². The molecule has 1 N–H and O–H groups in total. The van der Waals surface area contributed by atoms with E-state index in [1.54, 1.807) is 0 Å². The maximum absolute atomic E-state index is 13.7. The van der Waals surface area contributed by atoms with E-state index in [9.17, 15) is 18.4 Å². The molecular weight excluding hydrogens is 406 g/mol. The molecule has 0 radical (unpaired) electrons. The zero-order valence-corrected chi connectivity index (χ0v) is 17.1. The van der Waals surface area contributed by atoms with Crippen molar-refractivity contribution in [3.8, 4) is 0 Å². The first-order valence-electron chi connectivity index (χ1n) is 8.89. The Hall–Kier alpha value is -2.07. The number of aromatic nitrogens is 2. The van der Waals surface area contributed by atoms with Gasteiger partial charge in [-0.15, -0.1) is 10.2 Å². The van der Waals surface area contributed by atoms with E-state index in [0.29, 0.717) is 10.4 Å². The molecule has 3 rings (SSSR count). The molecule has 0 spiro atoms. The summed E-state index contributed by atoms with van der Waals surface area (Å²) < 4.78 is 27.2. The smallest absolute Gasteiger partial charge is 0.260 e. The minimum absolute atomic E-state index is 0.0545. The molecule has 1 aliphatic heterocycles. The van der Waals surface area contributed by atoms with E-state index in [2.05, 4.69) is 29.4 Å². The number of benzene rings is 1. The zero-order valence-electron chi connectivity index (χ0n) is 15.4. The molecule has 1 aromatic carbocycles. The van der Waals surface area contributed by atoms with Crippen LogP contribution >= 0.6 is 23.1 Å². The minimum Gasteiger partial charge on any atom is -0.337 e. The standard InChI is InChI=1S/C18H20F2N4O2S2/c1-10-4-3-5-11(2)24(10)15(25)9-27-18-23-22-17(28-18)21-16(26)13-7-6-12(19)8-14(13)20/h6-8,10-11H,3-5,9H2,1-2H3,(H,21,22,26). The highest BCUT2D eigenvalue weighted by atomic mass is 32.2. The van der Waals surface area contributed by atoms with Gasteiger partial charge in [-0.05, 0) is 45.2 Å². The molecule has 2 atom stereocenters. The summed E-state index contributed by atoms with van der Waals surface area (Å²) in [5.74, 6) is -2.15. The summed E-state index contributed by atoms with van der Waals surface area (Å²) >= 11 is 2.35. The molecule has 0 bridgehead atoms. The van der Waals surface area contributed by atoms with Crippen LogP contribution in [0.15, 0.2) is 22.5 Å². The van der Waals surface area contributed by atoms with Crippen molar-refractivity contribution in [2.24, 2.45) is 0 Å². The number of likely N-dealkylation sites (tertiary alicyclic amines) is 1. The average Bonchev–Trinajstić information content (AvgIpc) is 3.07. The summed E-state index contributed by atoms with van der Waals surface area (Å²) in [6.45, 7) is 4.12. The van der Waals surface area contributed by atoms with Crippen molar-refractivity contribution in [3.05, 3.63) is 35.4 Å². The first kappa shape index (κ1) is 20.7. The monoisotopic (exact) mass is 426 g/mol. The lowest BCUT2D eigenvalue weighted by Crippen LogP contribution is -2.48. The van der Waals surface area contributed by atoms with Crippen molar-refractivity contribution in [1.29, 1.82) is 0 Å². The molecule has 1 fully saturated rings. The van der Waals surface area contributed by atoms with Crippen LogP contribution in [0.4, 0.5) is 13.9 Å². The van der Waals surface area contributed by atoms with Crippen molar-refractivity contribution in [2.45, 2.75) is 49.5 Å². The Balaban J connectivity index is 1.56. The fraction of sp³-hybridized carbons (Fsp3) is 0.444. The average molecular weight is 427 g/mol. The molecule has 2 unspecified atom stereocenters. The molecule has 10 heteroatoms. The van der Waals surface area contributed by atoms with Crippen LogP contribution < -0.4 is 5.32 Å². The molecule has 1 aromatic heterocycles. The molecule has 1 saturated heterocycles. The SMILES string of the molecule is CC1CCCC(C)N1C(=O)CSc1nnc(NC(=O)c2ccc(F)cc2F)s1. The van der Waals surface area contributed by atoms with Gasteiger partial charge in [0.15, 0.2) is 4.34 Å². The molecule has 0 saturated carbocycles. The van der Waals surface area contributed by atoms with Gasteiger partial charge in [0.1, 0.15) is 11.6 Å². The number of amides is 2. The molecule has 2 amide bonds. The Labute approximate surface area is 169 Å². The van der Waals surface area contributed by atoms with E-state index >= 15 is 0 Å². The number of anilines is 1. The Morgan fingerprint density at radius 2 is 1.96 bits per heavy atom. The first-order chi connectivity index (χ1) is 13.3. The number of hydrogen-bond acceptors (Lipinski definition) is 6. The van der Waals surface area contributed by atoms with Crippen LogP contribution in [0, 0.1) is 11.6 Å². The van der Waals surface area contributed by atoms with Crippen LogP contribution in [0.3, 0.4) is 0 Å². The quantitative estimate of drug-likeness (QED) is 0.579. The summed E-state index contributed by atoms with van der Waals surface area (Å²) in [6, 6.07) is 3.17. The Bertz CT molecular complexity index is 867. The molecule has 2 heterocycles. The van der Waals surface area contributed by atoms with Crippen LogP contribution in [0.25, 0.3) is 0 Å². The van der Waals surface area contributed by atoms with Gasteiger partial charge < -0.3 is 4.90 Å². The van der Waals surface area contributed by atoms with Gasteiger partial charge in [0.2, 0.25) is 11.0 Å². The van der Waals surface area contributed by atoms with Gasteiger partial charge in [0.05, 0.1) is 11.3 Å². The molecule has 0 aliphatic carbocycles. The third-order valence-electron chi connectivity index (χ3n) is 4.60. The second kappa shape index (κ2) is 8.95. The second-order valence-electron chi connectivity index (χ2n) is 6.67. The van der Waals surface area contributed by atoms with Crippen molar-refractivity contribution in [1.82, 2.24) is 15.1 Å². The topological polar surface area (TPSA) is 75.2 Å². The fourth-order valence-corrected chi connectivity index (χ4v) is 4.88. The largest absolute Gasteiger partial charge is 0.337 e. The molecule has 28 heavy (non-hydrogen) atoms. The van der Waals surface area contributed by atoms with Crippen LogP contribution in [-0.2, 0) is 4.79 Å². The maximum atomic E-state index is 13.7. The Kier molecular flexibility index (Phi) is 6.61. The van der Waals surface area contributed by atoms with E-state index in [-0.39, 0.29) is 34.4 Å². The molecule has 6 nitrogen and oxygen atoms in total. The van der Waals surface area contributed by atoms with Gasteiger partial charge in [-0.2, -0.15) is 0 Å². The van der Waals surface area contributed by atoms with E-state index in [4.69, 9.17) is 0 Å². The maximum Gasteiger partial charge on any atom is 0.260 e. The third-order valence-corrected chi connectivity index (χ3v) is 6.56. The normalized spacial score (nSPS) is 19.5. The van der Waals surface area contributed by atoms with E-state index < -0.39 is 17.5 Å². The summed E-state index contributed by atoms with van der Waals surface area (Å²) in [7, 11) is 0. The lowest BCUT2D eigenvalue weighted by atomic mass is 9.98. The van der Waals surface area contributed by atoms with Crippen LogP contribution in [0.1, 0.15) is 43.5 Å². The van der Waals surface area contributed by atoms with Crippen molar-refractivity contribution >= 4 is 40.0 Å². The lowest BCUT2D eigenvalue weighted by molar-refractivity contribution is -0.134. The number of halogens is 2. The highest BCUT2D eigenvalue weighted by molar-refractivity contribution is 8.01. The van der Waals surface area contributed by atoms with Crippen molar-refractivity contribution in [2.75, 3.05) is 11.1 Å². The van der Waals surface area contributed by atoms with Gasteiger partial charge in [-0.3, -0.25) is 14.9 Å². The predicted molar refractivity (Wildman–Crippen MR) is 105 cm³/mol. The number of nitrogens with zero attached hydrogens (tertiary/aromatic N) is 3. The summed E-state index contributed by atoms with van der Waals surface area (Å²) in [4.78, 5) is 26.6. The third kappa shape index (κ3) is 4.85. The number of hydrogen-bond donors (Lipinski definition) is 1. The number of thioether (sulfide) groups is 1. The van der Waals surface area contributed by atoms with E-state index in [0.717, 1.165) is 42.7 Å². The number of piperidine rings is 1. The van der Waals surface area contributed by atoms with E-state index in [1.807, 2.05) is 4.90 Å². The molecule has 1 aliphatic rings. The minimum atomic E-state index is -0.952. The summed E-state index contributed by atoms with van der Waals surface area (Å²) in [5.41, 5.74) is -0.283. The summed E-state index contributed by atoms with van der Waals surface area (Å²) in [6.07, 6.45) is 3.15. The van der Waals surface area contributed by atoms with Crippen LogP contribution in [0.2, 0.25) is 0 Å². The number of carbonyl (C=O) groups is 2. The van der Waals surface area contributed by atoms with Crippen molar-refractivity contribution in [3.63, 3.8) is 0 Å². The predicted octanol–water partition coefficient (Wildman–Crippen LogP) is 3.95. The van der Waals surface area contributed by atoms with Gasteiger partial charge in [-0.25, -0.2) is 8.78 Å².